The lowest BCUT2D eigenvalue weighted by molar-refractivity contribution is -0.150. The summed E-state index contributed by atoms with van der Waals surface area (Å²) in [5.74, 6) is -5.10. The van der Waals surface area contributed by atoms with Crippen LogP contribution in [0, 0.1) is 5.92 Å². The van der Waals surface area contributed by atoms with Crippen molar-refractivity contribution in [3.63, 3.8) is 0 Å². The number of amides is 2. The molecule has 9 heteroatoms. The average molecular weight is 369 g/mol. The van der Waals surface area contributed by atoms with Gasteiger partial charge in [0, 0.05) is 49.7 Å². The predicted molar refractivity (Wildman–Crippen MR) is 88.1 cm³/mol. The minimum absolute atomic E-state index is 0.0710. The molecule has 26 heavy (non-hydrogen) atoms. The highest BCUT2D eigenvalue weighted by molar-refractivity contribution is 5.96. The molecule has 2 amide bonds. The summed E-state index contributed by atoms with van der Waals surface area (Å²) in [7, 11) is 0. The van der Waals surface area contributed by atoms with E-state index in [0.717, 1.165) is 6.07 Å². The smallest absolute Gasteiger partial charge is 0.274 e. The highest BCUT2D eigenvalue weighted by Crippen LogP contribution is 2.42. The zero-order chi connectivity index (χ0) is 19.2. The van der Waals surface area contributed by atoms with Crippen LogP contribution in [0.3, 0.4) is 0 Å². The Bertz CT molecular complexity index is 811. The predicted octanol–water partition coefficient (Wildman–Crippen LogP) is 1.08. The van der Waals surface area contributed by atoms with Crippen LogP contribution in [-0.2, 0) is 17.9 Å². The summed E-state index contributed by atoms with van der Waals surface area (Å²) in [4.78, 5) is 38.1. The molecule has 1 aromatic rings. The van der Waals surface area contributed by atoms with Gasteiger partial charge in [0.25, 0.3) is 5.91 Å². The van der Waals surface area contributed by atoms with E-state index in [1.54, 1.807) is 4.90 Å². The van der Waals surface area contributed by atoms with Crippen molar-refractivity contribution in [1.29, 1.82) is 0 Å². The molecule has 2 N–H and O–H groups in total. The lowest BCUT2D eigenvalue weighted by Gasteiger charge is -2.35. The first-order valence-electron chi connectivity index (χ1n) is 8.53. The summed E-state index contributed by atoms with van der Waals surface area (Å²) < 4.78 is 27.3. The third-order valence-corrected chi connectivity index (χ3v) is 4.93. The van der Waals surface area contributed by atoms with Crippen molar-refractivity contribution in [2.24, 2.45) is 5.92 Å². The van der Waals surface area contributed by atoms with Crippen LogP contribution in [0.4, 0.5) is 8.78 Å². The monoisotopic (exact) mass is 369 g/mol. The van der Waals surface area contributed by atoms with Gasteiger partial charge in [-0.2, -0.15) is 0 Å². The number of aromatic nitrogens is 1. The minimum Gasteiger partial charge on any atom is -0.503 e. The summed E-state index contributed by atoms with van der Waals surface area (Å²) in [6.45, 7) is 4.36. The number of halogens is 2. The maximum atomic E-state index is 12.9. The van der Waals surface area contributed by atoms with Crippen molar-refractivity contribution < 1.29 is 23.5 Å². The maximum absolute atomic E-state index is 12.9. The molecule has 2 heterocycles. The van der Waals surface area contributed by atoms with Crippen LogP contribution in [0.2, 0.25) is 0 Å². The number of alkyl halides is 2. The first-order valence-corrected chi connectivity index (χ1v) is 8.53. The van der Waals surface area contributed by atoms with E-state index in [9.17, 15) is 28.3 Å². The average Bonchev–Trinajstić information content (AvgIpc) is 2.53. The molecule has 1 aliphatic heterocycles. The van der Waals surface area contributed by atoms with Crippen molar-refractivity contribution in [3.8, 4) is 5.75 Å². The fourth-order valence-corrected chi connectivity index (χ4v) is 3.41. The fraction of sp³-hybridized carbons (Fsp3) is 0.588. The van der Waals surface area contributed by atoms with Crippen molar-refractivity contribution >= 4 is 11.8 Å². The van der Waals surface area contributed by atoms with Gasteiger partial charge in [0.05, 0.1) is 6.54 Å². The van der Waals surface area contributed by atoms with Gasteiger partial charge in [0.15, 0.2) is 11.4 Å². The third kappa shape index (κ3) is 3.17. The zero-order valence-electron chi connectivity index (χ0n) is 14.6. The van der Waals surface area contributed by atoms with Gasteiger partial charge in [0.1, 0.15) is 0 Å². The number of rotatable bonds is 4. The van der Waals surface area contributed by atoms with Gasteiger partial charge in [-0.15, -0.1) is 0 Å². The van der Waals surface area contributed by atoms with Gasteiger partial charge in [-0.3, -0.25) is 14.4 Å². The number of pyridine rings is 1. The van der Waals surface area contributed by atoms with E-state index in [1.807, 2.05) is 13.8 Å². The maximum Gasteiger partial charge on any atom is 0.274 e. The van der Waals surface area contributed by atoms with Gasteiger partial charge in [0.2, 0.25) is 17.3 Å². The van der Waals surface area contributed by atoms with E-state index in [1.165, 1.54) is 4.57 Å². The van der Waals surface area contributed by atoms with E-state index in [0.29, 0.717) is 18.8 Å². The standard InChI is InChI=1S/C17H21F2N3O4/c1-9(2)21-3-4-22-11(5-12(23)14(24)13(22)16(21)26)8-20-15(25)10-6-17(18,19)7-10/h5,9-10,24H,3-4,6-8H2,1-2H3,(H,20,25). The molecule has 1 aliphatic carbocycles. The minimum atomic E-state index is -2.79. The van der Waals surface area contributed by atoms with Crippen LogP contribution in [0.15, 0.2) is 10.9 Å². The molecule has 0 spiro atoms. The summed E-state index contributed by atoms with van der Waals surface area (Å²) >= 11 is 0. The second-order valence-electron chi connectivity index (χ2n) is 7.12. The zero-order valence-corrected chi connectivity index (χ0v) is 14.6. The molecule has 1 fully saturated rings. The molecule has 0 aromatic carbocycles. The lowest BCUT2D eigenvalue weighted by Crippen LogP contribution is -2.47. The highest BCUT2D eigenvalue weighted by atomic mass is 19.3. The molecular formula is C17H21F2N3O4. The van der Waals surface area contributed by atoms with E-state index in [-0.39, 0.29) is 18.3 Å². The van der Waals surface area contributed by atoms with Crippen molar-refractivity contribution in [2.75, 3.05) is 6.54 Å². The first-order chi connectivity index (χ1) is 12.1. The molecule has 1 aromatic heterocycles. The van der Waals surface area contributed by atoms with E-state index < -0.39 is 47.7 Å². The van der Waals surface area contributed by atoms with Crippen LogP contribution in [0.1, 0.15) is 42.9 Å². The summed E-state index contributed by atoms with van der Waals surface area (Å²) in [5.41, 5.74) is -0.453. The topological polar surface area (TPSA) is 91.6 Å². The number of fused-ring (bicyclic) bond motifs is 1. The molecule has 0 atom stereocenters. The van der Waals surface area contributed by atoms with E-state index >= 15 is 0 Å². The molecule has 0 unspecified atom stereocenters. The Hall–Kier alpha value is -2.45. The van der Waals surface area contributed by atoms with Crippen molar-refractivity contribution in [1.82, 2.24) is 14.8 Å². The largest absolute Gasteiger partial charge is 0.503 e. The van der Waals surface area contributed by atoms with Crippen LogP contribution in [0.5, 0.6) is 5.75 Å². The van der Waals surface area contributed by atoms with Gasteiger partial charge in [-0.25, -0.2) is 8.78 Å². The van der Waals surface area contributed by atoms with Gasteiger partial charge >= 0.3 is 0 Å². The Morgan fingerprint density at radius 3 is 2.58 bits per heavy atom. The molecular weight excluding hydrogens is 348 g/mol. The molecule has 0 bridgehead atoms. The number of hydrogen-bond donors (Lipinski definition) is 2. The quantitative estimate of drug-likeness (QED) is 0.831. The molecule has 2 aliphatic rings. The van der Waals surface area contributed by atoms with Gasteiger partial charge in [-0.05, 0) is 13.8 Å². The molecule has 0 radical (unpaired) electrons. The van der Waals surface area contributed by atoms with E-state index in [2.05, 4.69) is 5.32 Å². The van der Waals surface area contributed by atoms with E-state index in [4.69, 9.17) is 0 Å². The lowest BCUT2D eigenvalue weighted by atomic mass is 9.81. The summed E-state index contributed by atoms with van der Waals surface area (Å²) in [6.07, 6.45) is -0.956. The Balaban J connectivity index is 1.81. The molecule has 1 saturated carbocycles. The number of nitrogens with one attached hydrogen (secondary N) is 1. The number of aromatic hydroxyl groups is 1. The van der Waals surface area contributed by atoms with Crippen molar-refractivity contribution in [3.05, 3.63) is 27.7 Å². The number of nitrogens with zero attached hydrogens (tertiary/aromatic N) is 2. The van der Waals surface area contributed by atoms with Crippen LogP contribution in [0.25, 0.3) is 0 Å². The van der Waals surface area contributed by atoms with Gasteiger partial charge < -0.3 is 19.9 Å². The molecule has 7 nitrogen and oxygen atoms in total. The molecule has 142 valence electrons. The summed E-state index contributed by atoms with van der Waals surface area (Å²) in [6, 6.07) is 1.07. The Kier molecular flexibility index (Phi) is 4.49. The van der Waals surface area contributed by atoms with Gasteiger partial charge in [-0.1, -0.05) is 0 Å². The van der Waals surface area contributed by atoms with Crippen molar-refractivity contribution in [2.45, 2.75) is 51.7 Å². The van der Waals surface area contributed by atoms with Crippen LogP contribution in [-0.4, -0.2) is 44.9 Å². The second kappa shape index (κ2) is 6.37. The Morgan fingerprint density at radius 1 is 1.35 bits per heavy atom. The van der Waals surface area contributed by atoms with Crippen LogP contribution < -0.4 is 10.7 Å². The number of carbonyl (C=O) groups is 2. The normalized spacial score (nSPS) is 19.3. The molecule has 3 rings (SSSR count). The second-order valence-corrected chi connectivity index (χ2v) is 7.12. The number of carbonyl (C=O) groups excluding carboxylic acids is 2. The Morgan fingerprint density at radius 2 is 2.00 bits per heavy atom. The third-order valence-electron chi connectivity index (χ3n) is 4.93. The molecule has 0 saturated heterocycles. The highest BCUT2D eigenvalue weighted by Gasteiger charge is 2.48. The SMILES string of the molecule is CC(C)N1CCn2c(CNC(=O)C3CC(F)(F)C3)cc(=O)c(O)c2C1=O. The summed E-state index contributed by atoms with van der Waals surface area (Å²) in [5, 5.41) is 12.6. The number of hydrogen-bond acceptors (Lipinski definition) is 4. The first kappa shape index (κ1) is 18.3. The fourth-order valence-electron chi connectivity index (χ4n) is 3.41. The Labute approximate surface area is 148 Å². The van der Waals surface area contributed by atoms with Crippen LogP contribution >= 0.6 is 0 Å².